The molecule has 0 saturated carbocycles. The quantitative estimate of drug-likeness (QED) is 0.364. The van der Waals surface area contributed by atoms with Gasteiger partial charge in [0.1, 0.15) is 5.69 Å². The topological polar surface area (TPSA) is 56.0 Å². The summed E-state index contributed by atoms with van der Waals surface area (Å²) in [4.78, 5) is 13.3. The summed E-state index contributed by atoms with van der Waals surface area (Å²) in [6.07, 6.45) is -2.75. The average Bonchev–Trinajstić information content (AvgIpc) is 2.16. The van der Waals surface area contributed by atoms with E-state index >= 15 is 0 Å². The number of hydrogen-bond acceptors (Lipinski definition) is 3. The Labute approximate surface area is 100 Å². The molecule has 15 heavy (non-hydrogen) atoms. The molecule has 0 aliphatic carbocycles. The number of nitro groups is 1. The van der Waals surface area contributed by atoms with E-state index in [1.165, 1.54) is 0 Å². The summed E-state index contributed by atoms with van der Waals surface area (Å²) < 4.78 is 24.7. The first kappa shape index (κ1) is 12.4. The van der Waals surface area contributed by atoms with Gasteiger partial charge in [0.2, 0.25) is 0 Å². The van der Waals surface area contributed by atoms with E-state index in [1.807, 2.05) is 0 Å². The summed E-state index contributed by atoms with van der Waals surface area (Å²) in [6.45, 7) is 0. The van der Waals surface area contributed by atoms with Crippen LogP contribution in [-0.2, 0) is 5.33 Å². The Morgan fingerprint density at radius 3 is 2.60 bits per heavy atom. The molecule has 0 unspecified atom stereocenters. The maximum atomic E-state index is 12.5. The lowest BCUT2D eigenvalue weighted by Crippen LogP contribution is -2.01. The van der Waals surface area contributed by atoms with Crippen LogP contribution in [-0.4, -0.2) is 9.91 Å². The van der Waals surface area contributed by atoms with Gasteiger partial charge in [-0.1, -0.05) is 15.9 Å². The van der Waals surface area contributed by atoms with Gasteiger partial charge in [0, 0.05) is 11.4 Å². The zero-order valence-corrected chi connectivity index (χ0v) is 10.3. The number of rotatable bonds is 3. The Hall–Kier alpha value is -0.630. The Morgan fingerprint density at radius 1 is 1.60 bits per heavy atom. The maximum absolute atomic E-state index is 12.5. The number of hydrogen-bond donors (Lipinski definition) is 0. The van der Waals surface area contributed by atoms with Crippen molar-refractivity contribution in [2.45, 2.75) is 11.8 Å². The molecule has 1 rings (SSSR count). The molecule has 0 aliphatic rings. The van der Waals surface area contributed by atoms with Crippen LogP contribution in [0.5, 0.6) is 0 Å². The summed E-state index contributed by atoms with van der Waals surface area (Å²) in [6, 6.07) is 1.08. The SMILES string of the molecule is O=[N+]([O-])c1cc(CBr)c(C(F)F)nc1Br. The second-order valence-corrected chi connectivity index (χ2v) is 3.85. The van der Waals surface area contributed by atoms with Crippen molar-refractivity contribution in [2.24, 2.45) is 0 Å². The molecule has 0 bridgehead atoms. The van der Waals surface area contributed by atoms with Gasteiger partial charge in [0.15, 0.2) is 4.60 Å². The molecule has 0 spiro atoms. The van der Waals surface area contributed by atoms with Crippen molar-refractivity contribution in [3.8, 4) is 0 Å². The number of alkyl halides is 3. The van der Waals surface area contributed by atoms with Crippen LogP contribution in [0.2, 0.25) is 0 Å². The van der Waals surface area contributed by atoms with E-state index in [0.29, 0.717) is 0 Å². The van der Waals surface area contributed by atoms with Crippen molar-refractivity contribution in [2.75, 3.05) is 0 Å². The maximum Gasteiger partial charge on any atom is 0.302 e. The molecule has 0 aliphatic heterocycles. The van der Waals surface area contributed by atoms with Crippen LogP contribution in [0.1, 0.15) is 17.7 Å². The molecule has 82 valence electrons. The van der Waals surface area contributed by atoms with Crippen LogP contribution in [0.3, 0.4) is 0 Å². The smallest absolute Gasteiger partial charge is 0.258 e. The number of halogens is 4. The number of aromatic nitrogens is 1. The first-order valence-electron chi connectivity index (χ1n) is 3.65. The highest BCUT2D eigenvalue weighted by molar-refractivity contribution is 9.10. The standard InChI is InChI=1S/C7H4Br2F2N2O2/c8-2-3-1-4(13(14)15)6(9)12-5(3)7(10)11/h1,7H,2H2. The summed E-state index contributed by atoms with van der Waals surface area (Å²) in [5.74, 6) is 0. The largest absolute Gasteiger partial charge is 0.302 e. The Balaban J connectivity index is 3.35. The zero-order chi connectivity index (χ0) is 11.6. The lowest BCUT2D eigenvalue weighted by molar-refractivity contribution is -0.386. The van der Waals surface area contributed by atoms with Gasteiger partial charge in [-0.3, -0.25) is 10.1 Å². The normalized spacial score (nSPS) is 10.7. The summed E-state index contributed by atoms with van der Waals surface area (Å²) in [7, 11) is 0. The molecule has 0 fully saturated rings. The second-order valence-electron chi connectivity index (χ2n) is 2.53. The lowest BCUT2D eigenvalue weighted by Gasteiger charge is -2.05. The number of nitrogens with zero attached hydrogens (tertiary/aromatic N) is 2. The van der Waals surface area contributed by atoms with Gasteiger partial charge in [0.05, 0.1) is 4.92 Å². The van der Waals surface area contributed by atoms with E-state index in [9.17, 15) is 18.9 Å². The minimum atomic E-state index is -2.75. The van der Waals surface area contributed by atoms with Crippen LogP contribution in [0.15, 0.2) is 10.7 Å². The molecule has 8 heteroatoms. The fourth-order valence-corrected chi connectivity index (χ4v) is 1.86. The zero-order valence-electron chi connectivity index (χ0n) is 7.08. The van der Waals surface area contributed by atoms with E-state index in [2.05, 4.69) is 36.8 Å². The van der Waals surface area contributed by atoms with Gasteiger partial charge in [-0.2, -0.15) is 0 Å². The van der Waals surface area contributed by atoms with E-state index in [0.717, 1.165) is 6.07 Å². The highest BCUT2D eigenvalue weighted by Gasteiger charge is 2.22. The average molecular weight is 346 g/mol. The number of pyridine rings is 1. The van der Waals surface area contributed by atoms with Crippen molar-refractivity contribution in [1.82, 2.24) is 4.98 Å². The molecule has 1 heterocycles. The minimum Gasteiger partial charge on any atom is -0.258 e. The molecule has 4 nitrogen and oxygen atoms in total. The molecular weight excluding hydrogens is 342 g/mol. The van der Waals surface area contributed by atoms with Crippen LogP contribution in [0, 0.1) is 10.1 Å². The predicted molar refractivity (Wildman–Crippen MR) is 56.2 cm³/mol. The van der Waals surface area contributed by atoms with Crippen molar-refractivity contribution < 1.29 is 13.7 Å². The minimum absolute atomic E-state index is 0.0911. The Morgan fingerprint density at radius 2 is 2.20 bits per heavy atom. The monoisotopic (exact) mass is 344 g/mol. The van der Waals surface area contributed by atoms with E-state index in [1.54, 1.807) is 0 Å². The Kier molecular flexibility index (Phi) is 4.09. The lowest BCUT2D eigenvalue weighted by atomic mass is 10.2. The van der Waals surface area contributed by atoms with Gasteiger partial charge in [-0.25, -0.2) is 13.8 Å². The third kappa shape index (κ3) is 2.69. The van der Waals surface area contributed by atoms with E-state index in [-0.39, 0.29) is 21.2 Å². The molecule has 0 saturated heterocycles. The highest BCUT2D eigenvalue weighted by atomic mass is 79.9. The van der Waals surface area contributed by atoms with E-state index < -0.39 is 17.0 Å². The molecule has 1 aromatic heterocycles. The third-order valence-corrected chi connectivity index (χ3v) is 2.80. The highest BCUT2D eigenvalue weighted by Crippen LogP contribution is 2.31. The first-order valence-corrected chi connectivity index (χ1v) is 5.56. The first-order chi connectivity index (χ1) is 6.97. The van der Waals surface area contributed by atoms with Crippen LogP contribution in [0.4, 0.5) is 14.5 Å². The van der Waals surface area contributed by atoms with Crippen LogP contribution < -0.4 is 0 Å². The summed E-state index contributed by atoms with van der Waals surface area (Å²) >= 11 is 5.75. The third-order valence-electron chi connectivity index (χ3n) is 1.62. The van der Waals surface area contributed by atoms with Gasteiger partial charge < -0.3 is 0 Å². The fourth-order valence-electron chi connectivity index (χ4n) is 0.957. The van der Waals surface area contributed by atoms with Gasteiger partial charge in [0.25, 0.3) is 6.43 Å². The fraction of sp³-hybridized carbons (Fsp3) is 0.286. The molecule has 0 atom stereocenters. The molecule has 0 aromatic carbocycles. The van der Waals surface area contributed by atoms with Crippen LogP contribution in [0.25, 0.3) is 0 Å². The van der Waals surface area contributed by atoms with E-state index in [4.69, 9.17) is 0 Å². The van der Waals surface area contributed by atoms with Crippen molar-refractivity contribution >= 4 is 37.5 Å². The summed E-state index contributed by atoms with van der Waals surface area (Å²) in [5, 5.41) is 10.6. The van der Waals surface area contributed by atoms with Gasteiger partial charge in [-0.05, 0) is 21.5 Å². The summed E-state index contributed by atoms with van der Waals surface area (Å²) in [5.41, 5.74) is -0.668. The van der Waals surface area contributed by atoms with Gasteiger partial charge in [-0.15, -0.1) is 0 Å². The molecule has 0 amide bonds. The second kappa shape index (κ2) is 4.93. The molecular formula is C7H4Br2F2N2O2. The van der Waals surface area contributed by atoms with Crippen molar-refractivity contribution in [3.63, 3.8) is 0 Å². The van der Waals surface area contributed by atoms with Gasteiger partial charge >= 0.3 is 5.69 Å². The van der Waals surface area contributed by atoms with Crippen molar-refractivity contribution in [1.29, 1.82) is 0 Å². The molecule has 0 radical (unpaired) electrons. The molecule has 1 aromatic rings. The Bertz CT molecular complexity index is 401. The van der Waals surface area contributed by atoms with Crippen molar-refractivity contribution in [3.05, 3.63) is 32.0 Å². The van der Waals surface area contributed by atoms with Crippen LogP contribution >= 0.6 is 31.9 Å². The predicted octanol–water partition coefficient (Wildman–Crippen LogP) is 3.58. The molecule has 0 N–H and O–H groups in total.